The molecule has 0 aromatic heterocycles. The zero-order valence-electron chi connectivity index (χ0n) is 25.5. The number of amidine groups is 1. The molecule has 2 aliphatic rings. The van der Waals surface area contributed by atoms with Crippen molar-refractivity contribution >= 4 is 24.0 Å². The number of hydrogen-bond donors (Lipinski definition) is 3. The molecule has 224 valence electrons. The van der Waals surface area contributed by atoms with Crippen LogP contribution in [-0.4, -0.2) is 66.6 Å². The highest BCUT2D eigenvalue weighted by molar-refractivity contribution is 6.05. The first-order valence-electron chi connectivity index (χ1n) is 13.8. The van der Waals surface area contributed by atoms with Crippen LogP contribution >= 0.6 is 0 Å². The molecule has 0 atom stereocenters. The first kappa shape index (κ1) is 38.5. The molecule has 0 saturated carbocycles. The minimum Gasteiger partial charge on any atom is -0.445 e. The standard InChI is InChI=1S/C22H31N5.C4H7NO2.C2H6.C2H4.CH4O/c1-4-12-27-21(18(3)16-26-13-7-6-8-14-26)22(23-17-24-27)25-20-11-9-10-19(5-2)15-20;1-2-3-7-4(5)6;3*1-2/h4,9-12,15,17H,5-8,13-14,16H2,1-3H3,(H,23,24,25);2H,1,3H2,(H2,5,6);1-2H3;1-2H2;2H,1H3/b12-4-,21-18+;;;;. The number of piperidine rings is 1. The van der Waals surface area contributed by atoms with Gasteiger partial charge in [-0.15, -0.1) is 13.2 Å². The van der Waals surface area contributed by atoms with E-state index in [2.05, 4.69) is 77.6 Å². The van der Waals surface area contributed by atoms with E-state index in [9.17, 15) is 4.79 Å². The third kappa shape index (κ3) is 15.7. The van der Waals surface area contributed by atoms with Crippen LogP contribution < -0.4 is 11.2 Å². The maximum Gasteiger partial charge on any atom is 0.404 e. The molecular weight excluding hydrogens is 504 g/mol. The Labute approximate surface area is 242 Å². The van der Waals surface area contributed by atoms with Gasteiger partial charge in [0.25, 0.3) is 0 Å². The maximum absolute atomic E-state index is 9.71. The second kappa shape index (κ2) is 25.6. The third-order valence-electron chi connectivity index (χ3n) is 5.35. The van der Waals surface area contributed by atoms with Crippen LogP contribution in [0.1, 0.15) is 59.4 Å². The van der Waals surface area contributed by atoms with Crippen LogP contribution in [0.3, 0.4) is 0 Å². The summed E-state index contributed by atoms with van der Waals surface area (Å²) in [5, 5.41) is 9.02. The predicted molar refractivity (Wildman–Crippen MR) is 171 cm³/mol. The van der Waals surface area contributed by atoms with Crippen LogP contribution in [0.2, 0.25) is 0 Å². The molecule has 1 saturated heterocycles. The molecule has 1 aromatic rings. The van der Waals surface area contributed by atoms with Crippen molar-refractivity contribution in [1.29, 1.82) is 0 Å². The zero-order chi connectivity index (χ0) is 30.8. The molecule has 0 aliphatic carbocycles. The number of aliphatic hydroxyl groups is 1. The molecule has 3 rings (SSSR count). The van der Waals surface area contributed by atoms with Gasteiger partial charge in [-0.2, -0.15) is 0 Å². The van der Waals surface area contributed by atoms with Crippen LogP contribution in [0.5, 0.6) is 0 Å². The largest absolute Gasteiger partial charge is 0.445 e. The number of aliphatic imine (C=N–C) groups is 2. The molecule has 2 aliphatic heterocycles. The van der Waals surface area contributed by atoms with Crippen molar-refractivity contribution in [2.45, 2.75) is 60.3 Å². The second-order valence-corrected chi connectivity index (χ2v) is 8.08. The Morgan fingerprint density at radius 2 is 1.88 bits per heavy atom. The molecule has 0 radical (unpaired) electrons. The van der Waals surface area contributed by atoms with Crippen molar-refractivity contribution in [3.8, 4) is 0 Å². The Morgan fingerprint density at radius 3 is 2.40 bits per heavy atom. The van der Waals surface area contributed by atoms with Crippen LogP contribution in [-0.2, 0) is 11.2 Å². The van der Waals surface area contributed by atoms with Crippen molar-refractivity contribution in [2.75, 3.05) is 33.4 Å². The number of ether oxygens (including phenoxy) is 1. The normalized spacial score (nSPS) is 16.4. The van der Waals surface area contributed by atoms with Crippen LogP contribution in [0.4, 0.5) is 10.5 Å². The summed E-state index contributed by atoms with van der Waals surface area (Å²) in [5.74, 6) is 0.759. The molecule has 1 aromatic carbocycles. The van der Waals surface area contributed by atoms with Gasteiger partial charge in [0, 0.05) is 19.9 Å². The minimum atomic E-state index is -0.764. The number of aryl methyl sites for hydroxylation is 1. The summed E-state index contributed by atoms with van der Waals surface area (Å²) in [4.78, 5) is 21.7. The van der Waals surface area contributed by atoms with E-state index in [4.69, 9.17) is 10.1 Å². The number of carbonyl (C=O) groups excluding carboxylic acids is 1. The Kier molecular flexibility index (Phi) is 24.6. The molecule has 4 N–H and O–H groups in total. The third-order valence-corrected chi connectivity index (χ3v) is 5.35. The highest BCUT2D eigenvalue weighted by Crippen LogP contribution is 2.22. The van der Waals surface area contributed by atoms with E-state index in [0.29, 0.717) is 0 Å². The van der Waals surface area contributed by atoms with Crippen LogP contribution in [0, 0.1) is 0 Å². The first-order chi connectivity index (χ1) is 19.5. The van der Waals surface area contributed by atoms with E-state index in [1.807, 2.05) is 44.1 Å². The summed E-state index contributed by atoms with van der Waals surface area (Å²) in [7, 11) is 1.00. The Morgan fingerprint density at radius 1 is 1.23 bits per heavy atom. The Hall–Kier alpha value is -3.69. The van der Waals surface area contributed by atoms with E-state index in [0.717, 1.165) is 37.3 Å². The number of nitrogens with one attached hydrogen (secondary N) is 1. The number of aliphatic hydroxyl groups excluding tert-OH is 1. The lowest BCUT2D eigenvalue weighted by Crippen LogP contribution is -2.41. The molecule has 40 heavy (non-hydrogen) atoms. The highest BCUT2D eigenvalue weighted by Gasteiger charge is 2.21. The molecular formula is C31H52N6O3. The van der Waals surface area contributed by atoms with Crippen molar-refractivity contribution in [1.82, 2.24) is 15.3 Å². The van der Waals surface area contributed by atoms with Gasteiger partial charge in [-0.3, -0.25) is 15.3 Å². The van der Waals surface area contributed by atoms with Gasteiger partial charge in [0.2, 0.25) is 0 Å². The summed E-state index contributed by atoms with van der Waals surface area (Å²) >= 11 is 0. The van der Waals surface area contributed by atoms with Gasteiger partial charge in [0.1, 0.15) is 18.6 Å². The number of allylic oxidation sites excluding steroid dienone is 1. The van der Waals surface area contributed by atoms with E-state index < -0.39 is 6.09 Å². The number of benzene rings is 1. The second-order valence-electron chi connectivity index (χ2n) is 8.08. The zero-order valence-corrected chi connectivity index (χ0v) is 25.5. The van der Waals surface area contributed by atoms with E-state index >= 15 is 0 Å². The Balaban J connectivity index is 0. The fraction of sp³-hybridized carbons (Fsp3) is 0.452. The molecule has 1 fully saturated rings. The number of carbonyl (C=O) groups is 1. The lowest BCUT2D eigenvalue weighted by Gasteiger charge is -2.31. The lowest BCUT2D eigenvalue weighted by atomic mass is 10.1. The van der Waals surface area contributed by atoms with Crippen LogP contribution in [0.25, 0.3) is 0 Å². The molecule has 0 bridgehead atoms. The smallest absolute Gasteiger partial charge is 0.404 e. The molecule has 9 heteroatoms. The fourth-order valence-corrected chi connectivity index (χ4v) is 3.77. The molecule has 0 unspecified atom stereocenters. The minimum absolute atomic E-state index is 0.190. The first-order valence-corrected chi connectivity index (χ1v) is 13.8. The molecule has 0 spiro atoms. The predicted octanol–water partition coefficient (Wildman–Crippen LogP) is 6.13. The average Bonchev–Trinajstić information content (AvgIpc) is 3.00. The van der Waals surface area contributed by atoms with Crippen molar-refractivity contribution in [2.24, 2.45) is 15.7 Å². The number of rotatable bonds is 7. The lowest BCUT2D eigenvalue weighted by molar-refractivity contribution is 0.169. The highest BCUT2D eigenvalue weighted by atomic mass is 16.5. The van der Waals surface area contributed by atoms with Gasteiger partial charge in [0.15, 0.2) is 5.84 Å². The number of likely N-dealkylation sites (tertiary alicyclic amines) is 1. The summed E-state index contributed by atoms with van der Waals surface area (Å²) in [6, 6.07) is 8.39. The number of amides is 1. The SMILES string of the molecule is C/C=C\N1NC=NC(=Nc2cccc(CC)c2)/C1=C(/C)CN1CCCCC1.C=C.C=CCOC(N)=O.CC.CO. The number of primary amides is 1. The van der Waals surface area contributed by atoms with Gasteiger partial charge >= 0.3 is 6.09 Å². The van der Waals surface area contributed by atoms with E-state index in [-0.39, 0.29) is 6.61 Å². The monoisotopic (exact) mass is 556 g/mol. The molecule has 1 amide bonds. The summed E-state index contributed by atoms with van der Waals surface area (Å²) < 4.78 is 4.21. The summed E-state index contributed by atoms with van der Waals surface area (Å²) in [6.45, 7) is 23.2. The number of hydrazine groups is 1. The quantitative estimate of drug-likeness (QED) is 0.348. The van der Waals surface area contributed by atoms with Crippen molar-refractivity contribution in [3.05, 3.63) is 79.2 Å². The molecule has 9 nitrogen and oxygen atoms in total. The fourth-order valence-electron chi connectivity index (χ4n) is 3.77. The summed E-state index contributed by atoms with van der Waals surface area (Å²) in [6.07, 6.45) is 11.4. The number of nitrogens with two attached hydrogens (primary N) is 1. The van der Waals surface area contributed by atoms with Gasteiger partial charge in [0.05, 0.1) is 5.69 Å². The average molecular weight is 557 g/mol. The van der Waals surface area contributed by atoms with Gasteiger partial charge in [-0.1, -0.05) is 58.1 Å². The van der Waals surface area contributed by atoms with Crippen LogP contribution in [0.15, 0.2) is 83.6 Å². The topological polar surface area (TPSA) is 116 Å². The maximum atomic E-state index is 9.71. The van der Waals surface area contributed by atoms with Crippen molar-refractivity contribution in [3.63, 3.8) is 0 Å². The molecule has 2 heterocycles. The van der Waals surface area contributed by atoms with E-state index in [1.165, 1.54) is 49.6 Å². The van der Waals surface area contributed by atoms with Crippen molar-refractivity contribution < 1.29 is 14.6 Å². The Bertz CT molecular complexity index is 950. The number of nitrogens with zero attached hydrogens (tertiary/aromatic N) is 4. The van der Waals surface area contributed by atoms with Gasteiger partial charge in [-0.05, 0) is 69.5 Å². The van der Waals surface area contributed by atoms with E-state index in [1.54, 1.807) is 6.34 Å². The number of hydrogen-bond acceptors (Lipinski definition) is 7. The summed E-state index contributed by atoms with van der Waals surface area (Å²) in [5.41, 5.74) is 12.4. The van der Waals surface area contributed by atoms with Gasteiger partial charge < -0.3 is 15.6 Å². The van der Waals surface area contributed by atoms with Gasteiger partial charge in [-0.25, -0.2) is 14.8 Å².